The Hall–Kier alpha value is -0.620. The lowest BCUT2D eigenvalue weighted by Gasteiger charge is -2.53. The third kappa shape index (κ3) is 3.77. The van der Waals surface area contributed by atoms with E-state index in [9.17, 15) is 4.79 Å². The van der Waals surface area contributed by atoms with Crippen LogP contribution in [0.3, 0.4) is 0 Å². The van der Waals surface area contributed by atoms with Crippen LogP contribution >= 0.6 is 22.6 Å². The molecular formula is C17H24INO2. The van der Waals surface area contributed by atoms with Crippen molar-refractivity contribution in [3.8, 4) is 0 Å². The van der Waals surface area contributed by atoms with E-state index in [4.69, 9.17) is 4.74 Å². The molecule has 4 heteroatoms. The van der Waals surface area contributed by atoms with E-state index in [-0.39, 0.29) is 23.2 Å². The molecule has 1 aliphatic heterocycles. The standard InChI is InChI=1S/C17H24INO2/c1-16(2)10-14(11-17(3,4)19(16)5)21-15(20)12-7-6-8-13(18)9-12/h6-9,14H,10-11H2,1-5H3. The Labute approximate surface area is 141 Å². The van der Waals surface area contributed by atoms with Crippen LogP contribution in [-0.4, -0.2) is 35.1 Å². The Morgan fingerprint density at radius 3 is 2.33 bits per heavy atom. The van der Waals surface area contributed by atoms with Crippen molar-refractivity contribution in [1.29, 1.82) is 0 Å². The van der Waals surface area contributed by atoms with Gasteiger partial charge in [0.15, 0.2) is 0 Å². The molecule has 2 rings (SSSR count). The Morgan fingerprint density at radius 2 is 1.81 bits per heavy atom. The minimum atomic E-state index is -0.213. The highest BCUT2D eigenvalue weighted by atomic mass is 127. The fourth-order valence-electron chi connectivity index (χ4n) is 3.20. The van der Waals surface area contributed by atoms with Crippen molar-refractivity contribution < 1.29 is 9.53 Å². The third-order valence-corrected chi connectivity index (χ3v) is 5.28. The molecule has 0 amide bonds. The van der Waals surface area contributed by atoms with Gasteiger partial charge in [-0.25, -0.2) is 4.79 Å². The summed E-state index contributed by atoms with van der Waals surface area (Å²) in [6.45, 7) is 8.83. The van der Waals surface area contributed by atoms with E-state index in [0.717, 1.165) is 16.4 Å². The van der Waals surface area contributed by atoms with Crippen LogP contribution in [0, 0.1) is 3.57 Å². The minimum Gasteiger partial charge on any atom is -0.459 e. The average molecular weight is 401 g/mol. The molecule has 1 saturated heterocycles. The molecular weight excluding hydrogens is 377 g/mol. The van der Waals surface area contributed by atoms with E-state index < -0.39 is 0 Å². The van der Waals surface area contributed by atoms with Crippen molar-refractivity contribution in [1.82, 2.24) is 4.90 Å². The summed E-state index contributed by atoms with van der Waals surface area (Å²) in [4.78, 5) is 14.7. The number of esters is 1. The van der Waals surface area contributed by atoms with Crippen molar-refractivity contribution in [2.45, 2.75) is 57.7 Å². The van der Waals surface area contributed by atoms with Crippen LogP contribution in [0.25, 0.3) is 0 Å². The highest BCUT2D eigenvalue weighted by Gasteiger charge is 2.44. The fraction of sp³-hybridized carbons (Fsp3) is 0.588. The third-order valence-electron chi connectivity index (χ3n) is 4.60. The number of halogens is 1. The molecule has 0 aliphatic carbocycles. The zero-order chi connectivity index (χ0) is 15.8. The SMILES string of the molecule is CN1C(C)(C)CC(OC(=O)c2cccc(I)c2)CC1(C)C. The summed E-state index contributed by atoms with van der Waals surface area (Å²) in [5, 5.41) is 0. The molecule has 116 valence electrons. The second kappa shape index (κ2) is 5.88. The number of nitrogens with zero attached hydrogens (tertiary/aromatic N) is 1. The van der Waals surface area contributed by atoms with Crippen molar-refractivity contribution >= 4 is 28.6 Å². The van der Waals surface area contributed by atoms with E-state index >= 15 is 0 Å². The average Bonchev–Trinajstić information content (AvgIpc) is 2.35. The van der Waals surface area contributed by atoms with Gasteiger partial charge in [0.2, 0.25) is 0 Å². The van der Waals surface area contributed by atoms with Crippen LogP contribution in [0.2, 0.25) is 0 Å². The van der Waals surface area contributed by atoms with Gasteiger partial charge in [-0.1, -0.05) is 6.07 Å². The van der Waals surface area contributed by atoms with Gasteiger partial charge in [0, 0.05) is 27.5 Å². The quantitative estimate of drug-likeness (QED) is 0.552. The van der Waals surface area contributed by atoms with Crippen LogP contribution in [0.15, 0.2) is 24.3 Å². The molecule has 0 N–H and O–H groups in total. The van der Waals surface area contributed by atoms with Gasteiger partial charge in [0.1, 0.15) is 6.10 Å². The summed E-state index contributed by atoms with van der Waals surface area (Å²) in [6.07, 6.45) is 1.70. The van der Waals surface area contributed by atoms with Gasteiger partial charge >= 0.3 is 5.97 Å². The van der Waals surface area contributed by atoms with Gasteiger partial charge in [-0.2, -0.15) is 0 Å². The first-order valence-corrected chi connectivity index (χ1v) is 8.40. The summed E-state index contributed by atoms with van der Waals surface area (Å²) in [5.41, 5.74) is 0.687. The molecule has 1 heterocycles. The molecule has 1 aliphatic rings. The molecule has 0 unspecified atom stereocenters. The summed E-state index contributed by atoms with van der Waals surface area (Å²) in [5.74, 6) is -0.213. The number of piperidine rings is 1. The number of ether oxygens (including phenoxy) is 1. The Balaban J connectivity index is 2.11. The molecule has 0 radical (unpaired) electrons. The molecule has 0 aromatic heterocycles. The van der Waals surface area contributed by atoms with Crippen LogP contribution in [-0.2, 0) is 4.74 Å². The molecule has 21 heavy (non-hydrogen) atoms. The minimum absolute atomic E-state index is 0.0256. The maximum Gasteiger partial charge on any atom is 0.338 e. The van der Waals surface area contributed by atoms with Crippen LogP contribution in [0.4, 0.5) is 0 Å². The van der Waals surface area contributed by atoms with Gasteiger partial charge in [-0.3, -0.25) is 4.90 Å². The topological polar surface area (TPSA) is 29.5 Å². The Kier molecular flexibility index (Phi) is 4.69. The maximum atomic E-state index is 12.3. The number of rotatable bonds is 2. The molecule has 0 bridgehead atoms. The number of hydrogen-bond donors (Lipinski definition) is 0. The zero-order valence-corrected chi connectivity index (χ0v) is 15.6. The lowest BCUT2D eigenvalue weighted by atomic mass is 9.79. The van der Waals surface area contributed by atoms with Gasteiger partial charge in [-0.15, -0.1) is 0 Å². The molecule has 1 aromatic rings. The monoisotopic (exact) mass is 401 g/mol. The van der Waals surface area contributed by atoms with Crippen LogP contribution in [0.1, 0.15) is 50.9 Å². The summed E-state index contributed by atoms with van der Waals surface area (Å²) < 4.78 is 6.83. The lowest BCUT2D eigenvalue weighted by molar-refractivity contribution is -0.0732. The number of benzene rings is 1. The highest BCUT2D eigenvalue weighted by molar-refractivity contribution is 14.1. The summed E-state index contributed by atoms with van der Waals surface area (Å²) in [7, 11) is 2.15. The number of hydrogen-bond acceptors (Lipinski definition) is 3. The van der Waals surface area contributed by atoms with E-state index in [0.29, 0.717) is 5.56 Å². The Bertz CT molecular complexity index is 521. The normalized spacial score (nSPS) is 22.0. The van der Waals surface area contributed by atoms with Gasteiger partial charge in [0.25, 0.3) is 0 Å². The number of likely N-dealkylation sites (tertiary alicyclic amines) is 1. The number of carbonyl (C=O) groups excluding carboxylic acids is 1. The van der Waals surface area contributed by atoms with Gasteiger partial charge < -0.3 is 4.74 Å². The first-order chi connectivity index (χ1) is 9.62. The van der Waals surface area contributed by atoms with E-state index in [1.807, 2.05) is 24.3 Å². The molecule has 1 aromatic carbocycles. The zero-order valence-electron chi connectivity index (χ0n) is 13.4. The van der Waals surface area contributed by atoms with Crippen LogP contribution < -0.4 is 0 Å². The second-order valence-corrected chi connectivity index (χ2v) is 8.38. The largest absolute Gasteiger partial charge is 0.459 e. The smallest absolute Gasteiger partial charge is 0.338 e. The first kappa shape index (κ1) is 16.7. The van der Waals surface area contributed by atoms with Gasteiger partial charge in [-0.05, 0) is 75.5 Å². The van der Waals surface area contributed by atoms with Crippen molar-refractivity contribution in [3.05, 3.63) is 33.4 Å². The predicted molar refractivity (Wildman–Crippen MR) is 93.5 cm³/mol. The second-order valence-electron chi connectivity index (χ2n) is 7.13. The lowest BCUT2D eigenvalue weighted by Crippen LogP contribution is -2.60. The summed E-state index contributed by atoms with van der Waals surface area (Å²) in [6, 6.07) is 7.55. The van der Waals surface area contributed by atoms with E-state index in [1.165, 1.54) is 0 Å². The van der Waals surface area contributed by atoms with Crippen LogP contribution in [0.5, 0.6) is 0 Å². The molecule has 3 nitrogen and oxygen atoms in total. The first-order valence-electron chi connectivity index (χ1n) is 7.32. The Morgan fingerprint density at radius 1 is 1.24 bits per heavy atom. The molecule has 1 fully saturated rings. The van der Waals surface area contributed by atoms with E-state index in [2.05, 4.69) is 62.2 Å². The van der Waals surface area contributed by atoms with Gasteiger partial charge in [0.05, 0.1) is 5.56 Å². The highest BCUT2D eigenvalue weighted by Crippen LogP contribution is 2.38. The maximum absolute atomic E-state index is 12.3. The van der Waals surface area contributed by atoms with E-state index in [1.54, 1.807) is 0 Å². The number of carbonyl (C=O) groups is 1. The predicted octanol–water partition coefficient (Wildman–Crippen LogP) is 4.10. The molecule has 0 saturated carbocycles. The molecule has 0 atom stereocenters. The molecule has 0 spiro atoms. The van der Waals surface area contributed by atoms with Crippen molar-refractivity contribution in [3.63, 3.8) is 0 Å². The fourth-order valence-corrected chi connectivity index (χ4v) is 3.74. The van der Waals surface area contributed by atoms with Crippen molar-refractivity contribution in [2.24, 2.45) is 0 Å². The van der Waals surface area contributed by atoms with Crippen molar-refractivity contribution in [2.75, 3.05) is 7.05 Å². The summed E-state index contributed by atoms with van der Waals surface area (Å²) >= 11 is 2.21.